The monoisotopic (exact) mass is 437 g/mol. The van der Waals surface area contributed by atoms with E-state index < -0.39 is 48.0 Å². The number of esters is 1. The van der Waals surface area contributed by atoms with Crippen LogP contribution >= 0.6 is 0 Å². The molecule has 0 aliphatic heterocycles. The number of nitrogens with zero attached hydrogens (tertiary/aromatic N) is 1. The van der Waals surface area contributed by atoms with Crippen molar-refractivity contribution in [1.29, 1.82) is 0 Å². The van der Waals surface area contributed by atoms with Gasteiger partial charge < -0.3 is 19.3 Å². The lowest BCUT2D eigenvalue weighted by molar-refractivity contribution is -0.147. The van der Waals surface area contributed by atoms with E-state index in [4.69, 9.17) is 14.2 Å². The lowest BCUT2D eigenvalue weighted by Gasteiger charge is -2.22. The maximum absolute atomic E-state index is 12.3. The highest BCUT2D eigenvalue weighted by Crippen LogP contribution is 2.08. The summed E-state index contributed by atoms with van der Waals surface area (Å²) < 4.78 is 15.4. The van der Waals surface area contributed by atoms with Gasteiger partial charge in [0.2, 0.25) is 5.96 Å². The summed E-state index contributed by atoms with van der Waals surface area (Å²) in [4.78, 5) is 40.5. The van der Waals surface area contributed by atoms with Crippen molar-refractivity contribution in [3.8, 4) is 0 Å². The van der Waals surface area contributed by atoms with Crippen molar-refractivity contribution in [2.45, 2.75) is 65.4 Å². The Bertz CT molecular complexity index is 748. The Morgan fingerprint density at radius 2 is 1.42 bits per heavy atom. The third-order valence-electron chi connectivity index (χ3n) is 3.19. The van der Waals surface area contributed by atoms with Crippen molar-refractivity contribution in [1.82, 2.24) is 10.6 Å². The summed E-state index contributed by atoms with van der Waals surface area (Å²) in [5.74, 6) is -1.28. The van der Waals surface area contributed by atoms with Crippen LogP contribution < -0.4 is 10.6 Å². The fourth-order valence-corrected chi connectivity index (χ4v) is 2.05. The SMILES string of the molecule is CC(C)(C)OC(=O)NC(=N[C@@H](CO)C(=O)OCc1ccccc1)NC(=O)OC(C)(C)C. The highest BCUT2D eigenvalue weighted by molar-refractivity contribution is 6.02. The molecule has 10 nitrogen and oxygen atoms in total. The molecule has 0 aliphatic carbocycles. The number of benzene rings is 1. The first-order valence-electron chi connectivity index (χ1n) is 9.68. The molecule has 0 heterocycles. The van der Waals surface area contributed by atoms with Gasteiger partial charge in [-0.05, 0) is 47.1 Å². The summed E-state index contributed by atoms with van der Waals surface area (Å²) >= 11 is 0. The third kappa shape index (κ3) is 11.6. The minimum absolute atomic E-state index is 0.0278. The fraction of sp³-hybridized carbons (Fsp3) is 0.524. The molecule has 1 aromatic carbocycles. The second kappa shape index (κ2) is 11.3. The number of amides is 2. The summed E-state index contributed by atoms with van der Waals surface area (Å²) in [6, 6.07) is 7.54. The number of aliphatic hydroxyl groups is 1. The number of alkyl carbamates (subject to hydrolysis) is 2. The number of hydrogen-bond donors (Lipinski definition) is 3. The molecule has 3 N–H and O–H groups in total. The van der Waals surface area contributed by atoms with Gasteiger partial charge >= 0.3 is 18.2 Å². The number of guanidine groups is 1. The summed E-state index contributed by atoms with van der Waals surface area (Å²) in [7, 11) is 0. The standard InChI is InChI=1S/C21H31N3O7/c1-20(2,3)30-18(27)23-17(24-19(28)31-21(4,5)6)22-15(12-25)16(26)29-13-14-10-8-7-9-11-14/h7-11,15,25H,12-13H2,1-6H3,(H2,22,23,24,27,28)/t15-/m0/s1. The molecule has 0 saturated heterocycles. The van der Waals surface area contributed by atoms with E-state index in [1.807, 2.05) is 6.07 Å². The van der Waals surface area contributed by atoms with Crippen LogP contribution in [0.2, 0.25) is 0 Å². The Balaban J connectivity index is 2.95. The fourth-order valence-electron chi connectivity index (χ4n) is 2.05. The van der Waals surface area contributed by atoms with Crippen LogP contribution in [0, 0.1) is 0 Å². The molecular formula is C21H31N3O7. The molecule has 0 aliphatic rings. The minimum Gasteiger partial charge on any atom is -0.459 e. The van der Waals surface area contributed by atoms with Crippen LogP contribution in [-0.4, -0.2) is 53.1 Å². The quantitative estimate of drug-likeness (QED) is 0.279. The number of nitrogens with one attached hydrogen (secondary N) is 2. The van der Waals surface area contributed by atoms with Gasteiger partial charge in [0.05, 0.1) is 6.61 Å². The zero-order valence-corrected chi connectivity index (χ0v) is 18.7. The van der Waals surface area contributed by atoms with Crippen molar-refractivity contribution in [2.75, 3.05) is 6.61 Å². The van der Waals surface area contributed by atoms with Crippen molar-refractivity contribution in [3.05, 3.63) is 35.9 Å². The van der Waals surface area contributed by atoms with Crippen LogP contribution in [0.3, 0.4) is 0 Å². The average molecular weight is 437 g/mol. The van der Waals surface area contributed by atoms with Gasteiger partial charge in [-0.2, -0.15) is 0 Å². The van der Waals surface area contributed by atoms with Gasteiger partial charge in [-0.15, -0.1) is 0 Å². The minimum atomic E-state index is -1.40. The normalized spacial score (nSPS) is 12.2. The molecule has 2 amide bonds. The highest BCUT2D eigenvalue weighted by atomic mass is 16.6. The Labute approximate surface area is 182 Å². The molecule has 31 heavy (non-hydrogen) atoms. The largest absolute Gasteiger partial charge is 0.459 e. The molecule has 0 spiro atoms. The maximum atomic E-state index is 12.3. The molecule has 1 rings (SSSR count). The maximum Gasteiger partial charge on any atom is 0.414 e. The molecule has 0 fully saturated rings. The molecule has 0 aromatic heterocycles. The first kappa shape index (κ1) is 25.9. The lowest BCUT2D eigenvalue weighted by Crippen LogP contribution is -2.48. The number of hydrogen-bond acceptors (Lipinski definition) is 8. The molecule has 0 saturated carbocycles. The number of aliphatic imine (C=N–C) groups is 1. The smallest absolute Gasteiger partial charge is 0.414 e. The van der Waals surface area contributed by atoms with E-state index in [2.05, 4.69) is 15.6 Å². The molecule has 10 heteroatoms. The van der Waals surface area contributed by atoms with Gasteiger partial charge in [0, 0.05) is 0 Å². The van der Waals surface area contributed by atoms with E-state index in [1.54, 1.807) is 65.8 Å². The predicted octanol–water partition coefficient (Wildman–Crippen LogP) is 2.50. The Morgan fingerprint density at radius 1 is 0.935 bits per heavy atom. The van der Waals surface area contributed by atoms with Crippen molar-refractivity contribution in [3.63, 3.8) is 0 Å². The number of aliphatic hydroxyl groups excluding tert-OH is 1. The first-order valence-corrected chi connectivity index (χ1v) is 9.68. The van der Waals surface area contributed by atoms with E-state index in [-0.39, 0.29) is 6.61 Å². The zero-order chi connectivity index (χ0) is 23.7. The van der Waals surface area contributed by atoms with E-state index in [9.17, 15) is 19.5 Å². The van der Waals surface area contributed by atoms with Crippen molar-refractivity contribution >= 4 is 24.1 Å². The highest BCUT2D eigenvalue weighted by Gasteiger charge is 2.24. The molecule has 172 valence electrons. The number of carbonyl (C=O) groups excluding carboxylic acids is 3. The summed E-state index contributed by atoms with van der Waals surface area (Å²) in [6.07, 6.45) is -1.84. The van der Waals surface area contributed by atoms with E-state index in [0.717, 1.165) is 5.56 Å². The van der Waals surface area contributed by atoms with Gasteiger partial charge in [0.25, 0.3) is 0 Å². The Kier molecular flexibility index (Phi) is 9.44. The van der Waals surface area contributed by atoms with E-state index in [1.165, 1.54) is 0 Å². The van der Waals surface area contributed by atoms with Crippen LogP contribution in [0.15, 0.2) is 35.3 Å². The molecule has 1 aromatic rings. The van der Waals surface area contributed by atoms with Crippen LogP contribution in [0.1, 0.15) is 47.1 Å². The van der Waals surface area contributed by atoms with Crippen LogP contribution in [0.4, 0.5) is 9.59 Å². The first-order chi connectivity index (χ1) is 14.3. The predicted molar refractivity (Wildman–Crippen MR) is 113 cm³/mol. The van der Waals surface area contributed by atoms with Crippen LogP contribution in [0.5, 0.6) is 0 Å². The molecule has 0 bridgehead atoms. The molecule has 0 unspecified atom stereocenters. The third-order valence-corrected chi connectivity index (χ3v) is 3.19. The number of ether oxygens (including phenoxy) is 3. The number of rotatable bonds is 5. The summed E-state index contributed by atoms with van der Waals surface area (Å²) in [6.45, 7) is 9.18. The van der Waals surface area contributed by atoms with Gasteiger partial charge in [-0.3, -0.25) is 10.6 Å². The Morgan fingerprint density at radius 3 is 1.84 bits per heavy atom. The molecule has 1 atom stereocenters. The summed E-state index contributed by atoms with van der Waals surface area (Å²) in [5, 5.41) is 14.1. The van der Waals surface area contributed by atoms with Gasteiger partial charge in [-0.25, -0.2) is 19.4 Å². The van der Waals surface area contributed by atoms with Crippen LogP contribution in [0.25, 0.3) is 0 Å². The lowest BCUT2D eigenvalue weighted by atomic mass is 10.2. The topological polar surface area (TPSA) is 136 Å². The average Bonchev–Trinajstić information content (AvgIpc) is 2.61. The Hall–Kier alpha value is -3.14. The molecule has 0 radical (unpaired) electrons. The van der Waals surface area contributed by atoms with Crippen LogP contribution in [-0.2, 0) is 25.6 Å². The molecular weight excluding hydrogens is 406 g/mol. The zero-order valence-electron chi connectivity index (χ0n) is 18.7. The van der Waals surface area contributed by atoms with Crippen molar-refractivity contribution < 1.29 is 33.7 Å². The number of carbonyl (C=O) groups is 3. The second-order valence-corrected chi connectivity index (χ2v) is 8.52. The van der Waals surface area contributed by atoms with E-state index >= 15 is 0 Å². The second-order valence-electron chi connectivity index (χ2n) is 8.52. The van der Waals surface area contributed by atoms with E-state index in [0.29, 0.717) is 0 Å². The summed E-state index contributed by atoms with van der Waals surface area (Å²) in [5.41, 5.74) is -0.881. The van der Waals surface area contributed by atoms with Gasteiger partial charge in [-0.1, -0.05) is 30.3 Å². The van der Waals surface area contributed by atoms with Gasteiger partial charge in [0.15, 0.2) is 6.04 Å². The van der Waals surface area contributed by atoms with Gasteiger partial charge in [0.1, 0.15) is 17.8 Å². The van der Waals surface area contributed by atoms with Crippen molar-refractivity contribution in [2.24, 2.45) is 4.99 Å².